The highest BCUT2D eigenvalue weighted by Crippen LogP contribution is 1.96. The number of hydrogen-bond acceptors (Lipinski definition) is 2. The van der Waals surface area contributed by atoms with Gasteiger partial charge in [0.1, 0.15) is 5.84 Å². The standard InChI is InChI=1S/C10H15N3O/c1-4-6-7-9(5-2)10(14)13-12-8(3)11/h4-7H,2H2,1,3H3,(H2,11,12)(H,13,14)/b6-4-,9-7+. The van der Waals surface area contributed by atoms with Crippen molar-refractivity contribution in [3.05, 3.63) is 36.5 Å². The maximum atomic E-state index is 11.3. The number of carbonyl (C=O) groups excluding carboxylic acids is 1. The number of allylic oxidation sites excluding steroid dienone is 3. The summed E-state index contributed by atoms with van der Waals surface area (Å²) in [6, 6.07) is 0. The number of amides is 1. The molecule has 0 fully saturated rings. The molecule has 76 valence electrons. The van der Waals surface area contributed by atoms with Crippen LogP contribution in [-0.2, 0) is 4.79 Å². The first-order valence-electron chi connectivity index (χ1n) is 4.17. The maximum absolute atomic E-state index is 11.3. The molecule has 0 spiro atoms. The molecule has 0 heterocycles. The average molecular weight is 193 g/mol. The second-order valence-corrected chi connectivity index (χ2v) is 2.55. The minimum atomic E-state index is -0.331. The lowest BCUT2D eigenvalue weighted by atomic mass is 10.2. The summed E-state index contributed by atoms with van der Waals surface area (Å²) >= 11 is 0. The first kappa shape index (κ1) is 12.2. The van der Waals surface area contributed by atoms with Crippen LogP contribution in [0.15, 0.2) is 41.6 Å². The third-order valence-corrected chi connectivity index (χ3v) is 1.28. The van der Waals surface area contributed by atoms with E-state index in [1.807, 2.05) is 13.0 Å². The van der Waals surface area contributed by atoms with Crippen LogP contribution in [0.4, 0.5) is 0 Å². The number of rotatable bonds is 4. The predicted octanol–water partition coefficient (Wildman–Crippen LogP) is 1.08. The van der Waals surface area contributed by atoms with E-state index in [4.69, 9.17) is 5.73 Å². The van der Waals surface area contributed by atoms with E-state index in [1.165, 1.54) is 6.08 Å². The van der Waals surface area contributed by atoms with Crippen LogP contribution >= 0.6 is 0 Å². The molecular weight excluding hydrogens is 178 g/mol. The molecular formula is C10H15N3O. The van der Waals surface area contributed by atoms with Crippen LogP contribution in [0, 0.1) is 0 Å². The zero-order valence-electron chi connectivity index (χ0n) is 8.45. The Bertz CT molecular complexity index is 296. The molecule has 0 atom stereocenters. The SMILES string of the molecule is C=C/C(=C\C=C/C)C(=O)N/N=C(/C)N. The van der Waals surface area contributed by atoms with Crippen molar-refractivity contribution in [3.8, 4) is 0 Å². The number of nitrogens with two attached hydrogens (primary N) is 1. The number of amidine groups is 1. The van der Waals surface area contributed by atoms with Gasteiger partial charge >= 0.3 is 0 Å². The fourth-order valence-electron chi connectivity index (χ4n) is 0.640. The molecule has 4 nitrogen and oxygen atoms in total. The van der Waals surface area contributed by atoms with Crippen LogP contribution in [0.2, 0.25) is 0 Å². The smallest absolute Gasteiger partial charge is 0.271 e. The Labute approximate surface area is 83.9 Å². The second-order valence-electron chi connectivity index (χ2n) is 2.55. The maximum Gasteiger partial charge on any atom is 0.271 e. The van der Waals surface area contributed by atoms with Gasteiger partial charge in [-0.15, -0.1) is 0 Å². The summed E-state index contributed by atoms with van der Waals surface area (Å²) < 4.78 is 0. The summed E-state index contributed by atoms with van der Waals surface area (Å²) in [6.45, 7) is 6.96. The zero-order chi connectivity index (χ0) is 11.0. The molecule has 0 aliphatic rings. The zero-order valence-corrected chi connectivity index (χ0v) is 8.45. The van der Waals surface area contributed by atoms with Crippen molar-refractivity contribution in [1.82, 2.24) is 5.43 Å². The summed E-state index contributed by atoms with van der Waals surface area (Å²) in [6.07, 6.45) is 6.66. The van der Waals surface area contributed by atoms with Crippen LogP contribution in [0.25, 0.3) is 0 Å². The summed E-state index contributed by atoms with van der Waals surface area (Å²) in [4.78, 5) is 11.3. The van der Waals surface area contributed by atoms with Gasteiger partial charge in [0.05, 0.1) is 0 Å². The lowest BCUT2D eigenvalue weighted by molar-refractivity contribution is -0.117. The molecule has 0 aromatic heterocycles. The molecule has 0 saturated heterocycles. The predicted molar refractivity (Wildman–Crippen MR) is 58.5 cm³/mol. The Hall–Kier alpha value is -1.84. The Balaban J connectivity index is 4.48. The van der Waals surface area contributed by atoms with Gasteiger partial charge < -0.3 is 5.73 Å². The lowest BCUT2D eigenvalue weighted by Gasteiger charge is -1.99. The molecule has 0 rings (SSSR count). The van der Waals surface area contributed by atoms with Crippen molar-refractivity contribution in [3.63, 3.8) is 0 Å². The molecule has 0 unspecified atom stereocenters. The van der Waals surface area contributed by atoms with Crippen molar-refractivity contribution < 1.29 is 4.79 Å². The molecule has 0 saturated carbocycles. The van der Waals surface area contributed by atoms with Gasteiger partial charge in [0, 0.05) is 5.57 Å². The molecule has 0 aliphatic carbocycles. The van der Waals surface area contributed by atoms with E-state index < -0.39 is 0 Å². The van der Waals surface area contributed by atoms with E-state index in [9.17, 15) is 4.79 Å². The van der Waals surface area contributed by atoms with Crippen molar-refractivity contribution in [2.75, 3.05) is 0 Å². The molecule has 0 aliphatic heterocycles. The highest BCUT2D eigenvalue weighted by Gasteiger charge is 2.02. The minimum absolute atomic E-state index is 0.299. The van der Waals surface area contributed by atoms with Crippen molar-refractivity contribution in [2.45, 2.75) is 13.8 Å². The molecule has 3 N–H and O–H groups in total. The van der Waals surface area contributed by atoms with Gasteiger partial charge in [0.2, 0.25) is 0 Å². The molecule has 0 bridgehead atoms. The summed E-state index contributed by atoms with van der Waals surface area (Å²) in [5.74, 6) is -0.0318. The fourth-order valence-corrected chi connectivity index (χ4v) is 0.640. The van der Waals surface area contributed by atoms with Crippen LogP contribution in [-0.4, -0.2) is 11.7 Å². The number of nitrogens with zero attached hydrogens (tertiary/aromatic N) is 1. The highest BCUT2D eigenvalue weighted by molar-refractivity contribution is 5.96. The number of carbonyl (C=O) groups is 1. The van der Waals surface area contributed by atoms with Gasteiger partial charge in [-0.1, -0.05) is 24.8 Å². The summed E-state index contributed by atoms with van der Waals surface area (Å²) in [7, 11) is 0. The number of hydrazone groups is 1. The van der Waals surface area contributed by atoms with E-state index in [2.05, 4.69) is 17.1 Å². The van der Waals surface area contributed by atoms with E-state index in [0.29, 0.717) is 11.4 Å². The Morgan fingerprint density at radius 1 is 1.57 bits per heavy atom. The number of hydrogen-bond donors (Lipinski definition) is 2. The monoisotopic (exact) mass is 193 g/mol. The third-order valence-electron chi connectivity index (χ3n) is 1.28. The molecule has 1 amide bonds. The first-order chi connectivity index (χ1) is 6.61. The second kappa shape index (κ2) is 6.65. The van der Waals surface area contributed by atoms with Crippen LogP contribution < -0.4 is 11.2 Å². The lowest BCUT2D eigenvalue weighted by Crippen LogP contribution is -2.22. The third kappa shape index (κ3) is 4.92. The number of nitrogens with one attached hydrogen (secondary N) is 1. The Kier molecular flexibility index (Phi) is 5.78. The van der Waals surface area contributed by atoms with Gasteiger partial charge in [-0.25, -0.2) is 5.43 Å². The van der Waals surface area contributed by atoms with Gasteiger partial charge in [-0.3, -0.25) is 4.79 Å². The van der Waals surface area contributed by atoms with E-state index in [0.717, 1.165) is 0 Å². The molecule has 0 radical (unpaired) electrons. The Morgan fingerprint density at radius 3 is 2.64 bits per heavy atom. The van der Waals surface area contributed by atoms with E-state index >= 15 is 0 Å². The quantitative estimate of drug-likeness (QED) is 0.231. The van der Waals surface area contributed by atoms with Crippen molar-refractivity contribution >= 4 is 11.7 Å². The molecule has 14 heavy (non-hydrogen) atoms. The van der Waals surface area contributed by atoms with Crippen LogP contribution in [0.3, 0.4) is 0 Å². The first-order valence-corrected chi connectivity index (χ1v) is 4.17. The van der Waals surface area contributed by atoms with Crippen molar-refractivity contribution in [2.24, 2.45) is 10.8 Å². The van der Waals surface area contributed by atoms with Gasteiger partial charge in [0.25, 0.3) is 5.91 Å². The van der Waals surface area contributed by atoms with Crippen LogP contribution in [0.1, 0.15) is 13.8 Å². The Morgan fingerprint density at radius 2 is 2.21 bits per heavy atom. The van der Waals surface area contributed by atoms with Crippen LogP contribution in [0.5, 0.6) is 0 Å². The van der Waals surface area contributed by atoms with Gasteiger partial charge in [0.15, 0.2) is 0 Å². The van der Waals surface area contributed by atoms with Crippen molar-refractivity contribution in [1.29, 1.82) is 0 Å². The summed E-state index contributed by atoms with van der Waals surface area (Å²) in [5, 5.41) is 3.58. The van der Waals surface area contributed by atoms with E-state index in [1.54, 1.807) is 19.1 Å². The molecule has 0 aromatic rings. The normalized spacial score (nSPS) is 13.0. The topological polar surface area (TPSA) is 67.5 Å². The largest absolute Gasteiger partial charge is 0.386 e. The van der Waals surface area contributed by atoms with Gasteiger partial charge in [-0.2, -0.15) is 5.10 Å². The average Bonchev–Trinajstić information content (AvgIpc) is 2.16. The minimum Gasteiger partial charge on any atom is -0.386 e. The molecule has 0 aromatic carbocycles. The van der Waals surface area contributed by atoms with Gasteiger partial charge in [-0.05, 0) is 19.9 Å². The van der Waals surface area contributed by atoms with E-state index in [-0.39, 0.29) is 5.91 Å². The highest BCUT2D eigenvalue weighted by atomic mass is 16.2. The summed E-state index contributed by atoms with van der Waals surface area (Å²) in [5.41, 5.74) is 7.99. The fraction of sp³-hybridized carbons (Fsp3) is 0.200. The molecule has 4 heteroatoms.